The van der Waals surface area contributed by atoms with Gasteiger partial charge in [-0.3, -0.25) is 4.99 Å². The van der Waals surface area contributed by atoms with Crippen LogP contribution < -0.4 is 10.6 Å². The lowest BCUT2D eigenvalue weighted by atomic mass is 10.1. The van der Waals surface area contributed by atoms with Gasteiger partial charge < -0.3 is 15.5 Å². The second kappa shape index (κ2) is 11.3. The van der Waals surface area contributed by atoms with Crippen molar-refractivity contribution in [3.8, 4) is 0 Å². The second-order valence-corrected chi connectivity index (χ2v) is 6.59. The summed E-state index contributed by atoms with van der Waals surface area (Å²) in [6.07, 6.45) is 6.28. The molecule has 0 aromatic heterocycles. The van der Waals surface area contributed by atoms with Crippen LogP contribution in [0.3, 0.4) is 0 Å². The van der Waals surface area contributed by atoms with E-state index in [0.717, 1.165) is 31.3 Å². The molecule has 4 nitrogen and oxygen atoms in total. The molecule has 0 amide bonds. The summed E-state index contributed by atoms with van der Waals surface area (Å²) in [5.74, 6) is 2.71. The van der Waals surface area contributed by atoms with E-state index in [1.54, 1.807) is 0 Å². The first-order valence-electron chi connectivity index (χ1n) is 7.99. The first kappa shape index (κ1) is 17.6. The maximum atomic E-state index is 4.71. The Balaban J connectivity index is 2.28. The highest BCUT2D eigenvalue weighted by Crippen LogP contribution is 2.10. The highest BCUT2D eigenvalue weighted by Gasteiger charge is 2.13. The standard InChI is InChI=1S/C15H32N4S/c1-4-16-15(17-8-11-20-3)18-12-14(2)13-19-9-6-5-7-10-19/h14H,4-13H2,1-3H3,(H2,16,17,18). The molecule has 0 bridgehead atoms. The van der Waals surface area contributed by atoms with E-state index in [1.165, 1.54) is 38.9 Å². The van der Waals surface area contributed by atoms with Gasteiger partial charge in [0.2, 0.25) is 0 Å². The number of guanidine groups is 1. The van der Waals surface area contributed by atoms with Crippen molar-refractivity contribution in [3.05, 3.63) is 0 Å². The molecular weight excluding hydrogens is 268 g/mol. The molecule has 0 spiro atoms. The summed E-state index contributed by atoms with van der Waals surface area (Å²) in [5.41, 5.74) is 0. The van der Waals surface area contributed by atoms with E-state index >= 15 is 0 Å². The molecular formula is C15H32N4S. The van der Waals surface area contributed by atoms with Gasteiger partial charge in [0.25, 0.3) is 0 Å². The van der Waals surface area contributed by atoms with Crippen LogP contribution in [0.4, 0.5) is 0 Å². The number of hydrogen-bond donors (Lipinski definition) is 2. The first-order valence-corrected chi connectivity index (χ1v) is 9.39. The highest BCUT2D eigenvalue weighted by molar-refractivity contribution is 7.98. The van der Waals surface area contributed by atoms with E-state index in [-0.39, 0.29) is 0 Å². The van der Waals surface area contributed by atoms with E-state index < -0.39 is 0 Å². The van der Waals surface area contributed by atoms with Crippen LogP contribution in [0.1, 0.15) is 33.1 Å². The van der Waals surface area contributed by atoms with Gasteiger partial charge in [0, 0.05) is 31.9 Å². The van der Waals surface area contributed by atoms with Gasteiger partial charge in [0.15, 0.2) is 5.96 Å². The van der Waals surface area contributed by atoms with E-state index in [4.69, 9.17) is 4.99 Å². The van der Waals surface area contributed by atoms with Crippen molar-refractivity contribution >= 4 is 17.7 Å². The van der Waals surface area contributed by atoms with Crippen molar-refractivity contribution in [2.24, 2.45) is 10.9 Å². The molecule has 5 heteroatoms. The number of nitrogens with zero attached hydrogens (tertiary/aromatic N) is 2. The molecule has 1 aliphatic heterocycles. The zero-order valence-corrected chi connectivity index (χ0v) is 14.3. The van der Waals surface area contributed by atoms with E-state index in [1.807, 2.05) is 11.8 Å². The van der Waals surface area contributed by atoms with Crippen LogP contribution in [0.2, 0.25) is 0 Å². The summed E-state index contributed by atoms with van der Waals surface area (Å²) < 4.78 is 0. The molecule has 2 N–H and O–H groups in total. The summed E-state index contributed by atoms with van der Waals surface area (Å²) in [6, 6.07) is 0. The molecule has 0 aliphatic carbocycles. The van der Waals surface area contributed by atoms with Gasteiger partial charge in [-0.2, -0.15) is 11.8 Å². The molecule has 20 heavy (non-hydrogen) atoms. The average molecular weight is 301 g/mol. The van der Waals surface area contributed by atoms with Crippen LogP contribution in [-0.2, 0) is 0 Å². The Bertz CT molecular complexity index is 265. The molecule has 1 atom stereocenters. The van der Waals surface area contributed by atoms with Gasteiger partial charge in [-0.25, -0.2) is 0 Å². The van der Waals surface area contributed by atoms with Gasteiger partial charge in [-0.05, 0) is 45.0 Å². The van der Waals surface area contributed by atoms with Crippen LogP contribution in [-0.4, -0.2) is 62.1 Å². The minimum absolute atomic E-state index is 0.629. The Morgan fingerprint density at radius 2 is 2.00 bits per heavy atom. The molecule has 0 aromatic carbocycles. The summed E-state index contributed by atoms with van der Waals surface area (Å²) in [4.78, 5) is 7.30. The third-order valence-corrected chi connectivity index (χ3v) is 4.13. The minimum Gasteiger partial charge on any atom is -0.357 e. The summed E-state index contributed by atoms with van der Waals surface area (Å²) in [5, 5.41) is 6.70. The molecule has 1 unspecified atom stereocenters. The van der Waals surface area contributed by atoms with Crippen LogP contribution in [0.5, 0.6) is 0 Å². The van der Waals surface area contributed by atoms with Gasteiger partial charge in [-0.15, -0.1) is 0 Å². The molecule has 0 saturated carbocycles. The maximum absolute atomic E-state index is 4.71. The highest BCUT2D eigenvalue weighted by atomic mass is 32.2. The largest absolute Gasteiger partial charge is 0.357 e. The van der Waals surface area contributed by atoms with Crippen molar-refractivity contribution in [3.63, 3.8) is 0 Å². The molecule has 1 heterocycles. The minimum atomic E-state index is 0.629. The van der Waals surface area contributed by atoms with E-state index in [2.05, 4.69) is 35.6 Å². The third-order valence-electron chi connectivity index (χ3n) is 3.52. The lowest BCUT2D eigenvalue weighted by molar-refractivity contribution is 0.203. The van der Waals surface area contributed by atoms with E-state index in [9.17, 15) is 0 Å². The Morgan fingerprint density at radius 1 is 1.25 bits per heavy atom. The Kier molecular flexibility index (Phi) is 9.93. The summed E-state index contributed by atoms with van der Waals surface area (Å²) in [6.45, 7) is 11.0. The smallest absolute Gasteiger partial charge is 0.191 e. The van der Waals surface area contributed by atoms with E-state index in [0.29, 0.717) is 5.92 Å². The van der Waals surface area contributed by atoms with Crippen LogP contribution >= 0.6 is 11.8 Å². The number of hydrogen-bond acceptors (Lipinski definition) is 3. The van der Waals surface area contributed by atoms with Crippen molar-refractivity contribution < 1.29 is 0 Å². The Labute approximate surface area is 129 Å². The average Bonchev–Trinajstić information content (AvgIpc) is 2.46. The zero-order valence-electron chi connectivity index (χ0n) is 13.5. The fourth-order valence-corrected chi connectivity index (χ4v) is 2.81. The van der Waals surface area contributed by atoms with Gasteiger partial charge in [-0.1, -0.05) is 13.3 Å². The molecule has 0 radical (unpaired) electrons. The molecule has 1 rings (SSSR count). The number of aliphatic imine (C=N–C) groups is 1. The summed E-state index contributed by atoms with van der Waals surface area (Å²) >= 11 is 1.86. The van der Waals surface area contributed by atoms with Crippen LogP contribution in [0.15, 0.2) is 4.99 Å². The molecule has 0 aromatic rings. The number of rotatable bonds is 8. The number of nitrogens with one attached hydrogen (secondary N) is 2. The Morgan fingerprint density at radius 3 is 2.65 bits per heavy atom. The lowest BCUT2D eigenvalue weighted by Gasteiger charge is -2.28. The molecule has 1 fully saturated rings. The van der Waals surface area contributed by atoms with Crippen molar-refractivity contribution in [2.75, 3.05) is 51.3 Å². The molecule has 1 saturated heterocycles. The monoisotopic (exact) mass is 300 g/mol. The zero-order chi connectivity index (χ0) is 14.6. The molecule has 118 valence electrons. The van der Waals surface area contributed by atoms with Gasteiger partial charge in [0.05, 0.1) is 0 Å². The van der Waals surface area contributed by atoms with Gasteiger partial charge in [0.1, 0.15) is 0 Å². The number of thioether (sulfide) groups is 1. The third kappa shape index (κ3) is 8.00. The lowest BCUT2D eigenvalue weighted by Crippen LogP contribution is -2.39. The predicted molar refractivity (Wildman–Crippen MR) is 91.8 cm³/mol. The SMILES string of the molecule is CCNC(=NCC(C)CN1CCCCC1)NCCSC. The number of piperidine rings is 1. The molecule has 1 aliphatic rings. The first-order chi connectivity index (χ1) is 9.76. The van der Waals surface area contributed by atoms with Crippen molar-refractivity contribution in [1.82, 2.24) is 15.5 Å². The predicted octanol–water partition coefficient (Wildman–Crippen LogP) is 2.03. The van der Waals surface area contributed by atoms with Crippen LogP contribution in [0.25, 0.3) is 0 Å². The van der Waals surface area contributed by atoms with Crippen molar-refractivity contribution in [1.29, 1.82) is 0 Å². The fourth-order valence-electron chi connectivity index (χ4n) is 2.50. The Hall–Kier alpha value is -0.420. The summed E-state index contributed by atoms with van der Waals surface area (Å²) in [7, 11) is 0. The van der Waals surface area contributed by atoms with Crippen LogP contribution in [0, 0.1) is 5.92 Å². The fraction of sp³-hybridized carbons (Fsp3) is 0.933. The second-order valence-electron chi connectivity index (χ2n) is 5.61. The normalized spacial score (nSPS) is 18.9. The van der Waals surface area contributed by atoms with Crippen molar-refractivity contribution in [2.45, 2.75) is 33.1 Å². The number of likely N-dealkylation sites (tertiary alicyclic amines) is 1. The topological polar surface area (TPSA) is 39.7 Å². The maximum Gasteiger partial charge on any atom is 0.191 e. The quantitative estimate of drug-likeness (QED) is 0.409. The van der Waals surface area contributed by atoms with Gasteiger partial charge >= 0.3 is 0 Å².